The molecule has 0 aliphatic heterocycles. The average Bonchev–Trinajstić information content (AvgIpc) is 3.28. The summed E-state index contributed by atoms with van der Waals surface area (Å²) in [5, 5.41) is 21.7. The Morgan fingerprint density at radius 3 is 1.97 bits per heavy atom. The van der Waals surface area contributed by atoms with Crippen LogP contribution in [0.5, 0.6) is 0 Å². The highest BCUT2D eigenvalue weighted by molar-refractivity contribution is 7.25. The predicted molar refractivity (Wildman–Crippen MR) is 149 cm³/mol. The van der Waals surface area contributed by atoms with E-state index in [0.717, 1.165) is 28.2 Å². The Balaban J connectivity index is 1.52. The van der Waals surface area contributed by atoms with E-state index in [4.69, 9.17) is 0 Å². The first-order chi connectivity index (χ1) is 17.2. The molecule has 0 aliphatic rings. The molecule has 6 rings (SSSR count). The normalized spacial score (nSPS) is 11.1. The summed E-state index contributed by atoms with van der Waals surface area (Å²) in [7, 11) is -1.49. The summed E-state index contributed by atoms with van der Waals surface area (Å²) in [4.78, 5) is 2.21. The average molecular weight is 471 g/mol. The number of thiophene rings is 1. The van der Waals surface area contributed by atoms with Crippen molar-refractivity contribution in [3.63, 3.8) is 0 Å². The van der Waals surface area contributed by atoms with Gasteiger partial charge in [-0.05, 0) is 59.1 Å². The number of rotatable bonds is 5. The van der Waals surface area contributed by atoms with Crippen molar-refractivity contribution in [1.82, 2.24) is 0 Å². The lowest BCUT2D eigenvalue weighted by molar-refractivity contribution is 0.426. The monoisotopic (exact) mass is 471 g/mol. The van der Waals surface area contributed by atoms with Crippen LogP contribution in [0.25, 0.3) is 31.3 Å². The van der Waals surface area contributed by atoms with Crippen molar-refractivity contribution < 1.29 is 10.0 Å². The highest BCUT2D eigenvalue weighted by Crippen LogP contribution is 2.41. The molecule has 0 spiro atoms. The van der Waals surface area contributed by atoms with Gasteiger partial charge in [-0.25, -0.2) is 0 Å². The minimum atomic E-state index is -1.49. The number of hydrogen-bond acceptors (Lipinski definition) is 4. The van der Waals surface area contributed by atoms with Crippen molar-refractivity contribution in [2.75, 3.05) is 4.90 Å². The van der Waals surface area contributed by atoms with Crippen LogP contribution < -0.4 is 10.4 Å². The fourth-order valence-electron chi connectivity index (χ4n) is 4.55. The maximum absolute atomic E-state index is 9.58. The maximum Gasteiger partial charge on any atom is 0.488 e. The zero-order valence-electron chi connectivity index (χ0n) is 18.9. The van der Waals surface area contributed by atoms with Crippen molar-refractivity contribution in [2.45, 2.75) is 0 Å². The standard InChI is InChI=1S/C30H22BNO2S/c33-31(34)23-13-15-24(16-14-23)32(25-10-6-9-22(19-25)21-7-2-1-3-8-21)26-17-18-28-27-11-4-5-12-29(27)35-30(28)20-26/h1-20,33-34H. The molecule has 1 heterocycles. The lowest BCUT2D eigenvalue weighted by Gasteiger charge is -2.26. The Morgan fingerprint density at radius 2 is 1.17 bits per heavy atom. The van der Waals surface area contributed by atoms with E-state index in [9.17, 15) is 10.0 Å². The molecule has 2 N–H and O–H groups in total. The molecule has 0 amide bonds. The number of anilines is 3. The van der Waals surface area contributed by atoms with E-state index in [1.54, 1.807) is 23.5 Å². The summed E-state index contributed by atoms with van der Waals surface area (Å²) >= 11 is 1.80. The van der Waals surface area contributed by atoms with Gasteiger partial charge in [-0.2, -0.15) is 0 Å². The maximum atomic E-state index is 9.58. The third kappa shape index (κ3) is 4.11. The molecule has 5 heteroatoms. The summed E-state index contributed by atoms with van der Waals surface area (Å²) in [5.74, 6) is 0. The van der Waals surface area contributed by atoms with Gasteiger partial charge < -0.3 is 14.9 Å². The molecule has 6 aromatic rings. The van der Waals surface area contributed by atoms with E-state index in [-0.39, 0.29) is 0 Å². The topological polar surface area (TPSA) is 43.7 Å². The smallest absolute Gasteiger partial charge is 0.423 e. The Kier molecular flexibility index (Phi) is 5.59. The van der Waals surface area contributed by atoms with Crippen LogP contribution >= 0.6 is 11.3 Å². The van der Waals surface area contributed by atoms with E-state index in [1.165, 1.54) is 20.2 Å². The third-order valence-corrected chi connectivity index (χ3v) is 7.42. The number of fused-ring (bicyclic) bond motifs is 3. The van der Waals surface area contributed by atoms with Gasteiger partial charge in [0.15, 0.2) is 0 Å². The molecule has 0 bridgehead atoms. The molecule has 1 aromatic heterocycles. The molecule has 0 radical (unpaired) electrons. The third-order valence-electron chi connectivity index (χ3n) is 6.28. The van der Waals surface area contributed by atoms with Crippen LogP contribution in [0.2, 0.25) is 0 Å². The quantitative estimate of drug-likeness (QED) is 0.270. The van der Waals surface area contributed by atoms with E-state index in [1.807, 2.05) is 30.3 Å². The van der Waals surface area contributed by atoms with E-state index >= 15 is 0 Å². The van der Waals surface area contributed by atoms with Crippen molar-refractivity contribution in [3.05, 3.63) is 121 Å². The molecule has 5 aromatic carbocycles. The molecular formula is C30H22BNO2S. The van der Waals surface area contributed by atoms with Crippen LogP contribution in [0, 0.1) is 0 Å². The molecule has 35 heavy (non-hydrogen) atoms. The second kappa shape index (κ2) is 9.04. The van der Waals surface area contributed by atoms with Gasteiger partial charge in [-0.1, -0.05) is 78.9 Å². The molecular weight excluding hydrogens is 449 g/mol. The van der Waals surface area contributed by atoms with E-state index in [2.05, 4.69) is 83.8 Å². The first-order valence-corrected chi connectivity index (χ1v) is 12.3. The van der Waals surface area contributed by atoms with Crippen LogP contribution in [-0.4, -0.2) is 17.2 Å². The van der Waals surface area contributed by atoms with Crippen LogP contribution in [-0.2, 0) is 0 Å². The summed E-state index contributed by atoms with van der Waals surface area (Å²) in [6.07, 6.45) is 0. The molecule has 0 saturated carbocycles. The van der Waals surface area contributed by atoms with Crippen molar-refractivity contribution in [3.8, 4) is 11.1 Å². The van der Waals surface area contributed by atoms with Gasteiger partial charge in [0.25, 0.3) is 0 Å². The fraction of sp³-hybridized carbons (Fsp3) is 0. The Morgan fingerprint density at radius 1 is 0.514 bits per heavy atom. The van der Waals surface area contributed by atoms with Crippen LogP contribution in [0.1, 0.15) is 0 Å². The predicted octanol–water partition coefficient (Wildman–Crippen LogP) is 6.87. The molecule has 3 nitrogen and oxygen atoms in total. The second-order valence-electron chi connectivity index (χ2n) is 8.50. The van der Waals surface area contributed by atoms with Crippen molar-refractivity contribution in [2.24, 2.45) is 0 Å². The zero-order chi connectivity index (χ0) is 23.8. The van der Waals surface area contributed by atoms with E-state index < -0.39 is 7.12 Å². The Labute approximate surface area is 208 Å². The lowest BCUT2D eigenvalue weighted by Crippen LogP contribution is -2.29. The van der Waals surface area contributed by atoms with Gasteiger partial charge in [-0.15, -0.1) is 11.3 Å². The molecule has 0 atom stereocenters. The summed E-state index contributed by atoms with van der Waals surface area (Å²) in [5.41, 5.74) is 5.79. The number of benzene rings is 5. The summed E-state index contributed by atoms with van der Waals surface area (Å²) in [6, 6.07) is 41.3. The minimum Gasteiger partial charge on any atom is -0.423 e. The van der Waals surface area contributed by atoms with Crippen LogP contribution in [0.3, 0.4) is 0 Å². The van der Waals surface area contributed by atoms with Gasteiger partial charge in [-0.3, -0.25) is 0 Å². The van der Waals surface area contributed by atoms with Crippen molar-refractivity contribution in [1.29, 1.82) is 0 Å². The van der Waals surface area contributed by atoms with Crippen molar-refractivity contribution >= 4 is 61.2 Å². The Bertz CT molecular complexity index is 1630. The highest BCUT2D eigenvalue weighted by Gasteiger charge is 2.17. The first kappa shape index (κ1) is 21.6. The van der Waals surface area contributed by atoms with Gasteiger partial charge in [0.05, 0.1) is 0 Å². The van der Waals surface area contributed by atoms with E-state index in [0.29, 0.717) is 5.46 Å². The molecule has 0 unspecified atom stereocenters. The lowest BCUT2D eigenvalue weighted by atomic mass is 9.80. The SMILES string of the molecule is OB(O)c1ccc(N(c2cccc(-c3ccccc3)c2)c2ccc3c(c2)sc2ccccc23)cc1. The number of nitrogens with zero attached hydrogens (tertiary/aromatic N) is 1. The molecule has 168 valence electrons. The minimum absolute atomic E-state index is 0.465. The highest BCUT2D eigenvalue weighted by atomic mass is 32.1. The van der Waals surface area contributed by atoms with Gasteiger partial charge >= 0.3 is 7.12 Å². The Hall–Kier alpha value is -3.90. The molecule has 0 saturated heterocycles. The van der Waals surface area contributed by atoms with Crippen LogP contribution in [0.15, 0.2) is 121 Å². The second-order valence-corrected chi connectivity index (χ2v) is 9.58. The van der Waals surface area contributed by atoms with Gasteiger partial charge in [0.2, 0.25) is 0 Å². The van der Waals surface area contributed by atoms with Gasteiger partial charge in [0.1, 0.15) is 0 Å². The summed E-state index contributed by atoms with van der Waals surface area (Å²) in [6.45, 7) is 0. The van der Waals surface area contributed by atoms with Crippen LogP contribution in [0.4, 0.5) is 17.1 Å². The largest absolute Gasteiger partial charge is 0.488 e. The number of hydrogen-bond donors (Lipinski definition) is 2. The first-order valence-electron chi connectivity index (χ1n) is 11.5. The molecule has 0 aliphatic carbocycles. The van der Waals surface area contributed by atoms with Gasteiger partial charge in [0, 0.05) is 37.2 Å². The fourth-order valence-corrected chi connectivity index (χ4v) is 5.69. The zero-order valence-corrected chi connectivity index (χ0v) is 19.7. The summed E-state index contributed by atoms with van der Waals surface area (Å²) < 4.78 is 2.51. The molecule has 0 fully saturated rings.